The van der Waals surface area contributed by atoms with Gasteiger partial charge in [-0.25, -0.2) is 4.79 Å². The van der Waals surface area contributed by atoms with Crippen molar-refractivity contribution in [3.05, 3.63) is 0 Å². The molecule has 1 unspecified atom stereocenters. The van der Waals surface area contributed by atoms with E-state index >= 15 is 0 Å². The Bertz CT molecular complexity index is 307. The summed E-state index contributed by atoms with van der Waals surface area (Å²) in [5, 5.41) is 15.6. The molecule has 118 valence electrons. The minimum absolute atomic E-state index is 0.134. The van der Waals surface area contributed by atoms with Crippen LogP contribution in [0, 0.1) is 11.8 Å². The molecule has 20 heavy (non-hydrogen) atoms. The van der Waals surface area contributed by atoms with Crippen molar-refractivity contribution < 1.29 is 14.6 Å². The molecule has 0 aromatic carbocycles. The van der Waals surface area contributed by atoms with E-state index in [0.29, 0.717) is 24.4 Å². The van der Waals surface area contributed by atoms with E-state index in [-0.39, 0.29) is 12.2 Å². The van der Waals surface area contributed by atoms with Crippen molar-refractivity contribution in [1.82, 2.24) is 10.6 Å². The summed E-state index contributed by atoms with van der Waals surface area (Å²) in [6, 6.07) is 0.424. The number of hydrogen-bond acceptors (Lipinski definition) is 4. The molecule has 0 bridgehead atoms. The summed E-state index contributed by atoms with van der Waals surface area (Å²) < 4.78 is 5.24. The van der Waals surface area contributed by atoms with Gasteiger partial charge >= 0.3 is 6.09 Å². The van der Waals surface area contributed by atoms with Crippen LogP contribution in [0.5, 0.6) is 0 Å². The summed E-state index contributed by atoms with van der Waals surface area (Å²) in [4.78, 5) is 11.6. The first-order valence-corrected chi connectivity index (χ1v) is 7.55. The topological polar surface area (TPSA) is 70.6 Å². The number of rotatable bonds is 6. The van der Waals surface area contributed by atoms with Crippen LogP contribution in [-0.2, 0) is 4.74 Å². The predicted octanol–water partition coefficient (Wildman–Crippen LogP) is 1.90. The van der Waals surface area contributed by atoms with Crippen molar-refractivity contribution in [2.45, 2.75) is 65.2 Å². The van der Waals surface area contributed by atoms with Gasteiger partial charge in [-0.05, 0) is 45.4 Å². The van der Waals surface area contributed by atoms with Crippen molar-refractivity contribution in [1.29, 1.82) is 0 Å². The largest absolute Gasteiger partial charge is 0.444 e. The molecule has 0 aromatic heterocycles. The highest BCUT2D eigenvalue weighted by Gasteiger charge is 2.27. The monoisotopic (exact) mass is 286 g/mol. The molecule has 1 aliphatic rings. The Morgan fingerprint density at radius 2 is 1.90 bits per heavy atom. The Morgan fingerprint density at radius 3 is 2.35 bits per heavy atom. The summed E-state index contributed by atoms with van der Waals surface area (Å²) in [6.45, 7) is 11.3. The molecule has 5 nitrogen and oxygen atoms in total. The molecular weight excluding hydrogens is 256 g/mol. The molecule has 5 heteroatoms. The lowest BCUT2D eigenvalue weighted by Gasteiger charge is -2.34. The van der Waals surface area contributed by atoms with Crippen molar-refractivity contribution in [2.75, 3.05) is 13.1 Å². The maximum atomic E-state index is 11.6. The molecule has 0 aliphatic heterocycles. The Hall–Kier alpha value is -0.810. The first kappa shape index (κ1) is 17.2. The third kappa shape index (κ3) is 6.57. The van der Waals surface area contributed by atoms with Crippen LogP contribution in [0.25, 0.3) is 0 Å². The van der Waals surface area contributed by atoms with E-state index in [1.165, 1.54) is 0 Å². The number of nitrogens with one attached hydrogen (secondary N) is 2. The minimum atomic E-state index is -0.461. The highest BCUT2D eigenvalue weighted by molar-refractivity contribution is 5.67. The lowest BCUT2D eigenvalue weighted by molar-refractivity contribution is 0.0505. The van der Waals surface area contributed by atoms with Crippen LogP contribution in [-0.4, -0.2) is 42.0 Å². The zero-order valence-electron chi connectivity index (χ0n) is 13.4. The Morgan fingerprint density at radius 1 is 1.30 bits per heavy atom. The molecule has 1 fully saturated rings. The highest BCUT2D eigenvalue weighted by Crippen LogP contribution is 2.20. The molecule has 0 radical (unpaired) electrons. The third-order valence-electron chi connectivity index (χ3n) is 3.63. The quantitative estimate of drug-likeness (QED) is 0.697. The summed E-state index contributed by atoms with van der Waals surface area (Å²) in [7, 11) is 0. The van der Waals surface area contributed by atoms with Crippen LogP contribution in [0.1, 0.15) is 47.5 Å². The number of carbonyl (C=O) groups excluding carboxylic acids is 1. The average molecular weight is 286 g/mol. The maximum absolute atomic E-state index is 11.6. The molecule has 1 rings (SSSR count). The van der Waals surface area contributed by atoms with Gasteiger partial charge in [0, 0.05) is 19.1 Å². The lowest BCUT2D eigenvalue weighted by atomic mass is 9.88. The zero-order chi connectivity index (χ0) is 15.3. The molecule has 0 spiro atoms. The number of aliphatic hydroxyl groups excluding tert-OH is 1. The van der Waals surface area contributed by atoms with Crippen LogP contribution in [0.3, 0.4) is 0 Å². The number of amides is 1. The molecule has 0 aromatic rings. The highest BCUT2D eigenvalue weighted by atomic mass is 16.6. The van der Waals surface area contributed by atoms with Gasteiger partial charge in [-0.3, -0.25) is 0 Å². The fourth-order valence-electron chi connectivity index (χ4n) is 2.14. The van der Waals surface area contributed by atoms with Crippen LogP contribution in [0.15, 0.2) is 0 Å². The van der Waals surface area contributed by atoms with Crippen LogP contribution >= 0.6 is 0 Å². The molecule has 1 saturated carbocycles. The van der Waals surface area contributed by atoms with Crippen LogP contribution in [0.4, 0.5) is 4.79 Å². The smallest absolute Gasteiger partial charge is 0.407 e. The summed E-state index contributed by atoms with van der Waals surface area (Å²) in [5.41, 5.74) is -0.461. The van der Waals surface area contributed by atoms with E-state index in [4.69, 9.17) is 4.74 Å². The summed E-state index contributed by atoms with van der Waals surface area (Å²) >= 11 is 0. The second kappa shape index (κ2) is 7.27. The maximum Gasteiger partial charge on any atom is 0.407 e. The summed E-state index contributed by atoms with van der Waals surface area (Å²) in [6.07, 6.45) is 1.18. The first-order valence-electron chi connectivity index (χ1n) is 7.55. The standard InChI is InChI=1S/C15H30N2O3/c1-10(2)11(8-16-12-6-13(18)7-12)9-17-14(19)20-15(3,4)5/h10-13,16,18H,6-9H2,1-5H3,(H,17,19). The van der Waals surface area contributed by atoms with Gasteiger partial charge < -0.3 is 20.5 Å². The molecule has 1 aliphatic carbocycles. The van der Waals surface area contributed by atoms with Gasteiger partial charge in [0.15, 0.2) is 0 Å². The third-order valence-corrected chi connectivity index (χ3v) is 3.63. The number of ether oxygens (including phenoxy) is 1. The molecular formula is C15H30N2O3. The Balaban J connectivity index is 2.26. The van der Waals surface area contributed by atoms with E-state index in [2.05, 4.69) is 24.5 Å². The van der Waals surface area contributed by atoms with E-state index < -0.39 is 5.60 Å². The van der Waals surface area contributed by atoms with Gasteiger partial charge in [-0.15, -0.1) is 0 Å². The molecule has 1 amide bonds. The number of aliphatic hydroxyl groups is 1. The second-order valence-electron chi connectivity index (χ2n) is 7.12. The number of carbonyl (C=O) groups is 1. The number of hydrogen-bond donors (Lipinski definition) is 3. The van der Waals surface area contributed by atoms with Gasteiger partial charge in [0.1, 0.15) is 5.60 Å². The van der Waals surface area contributed by atoms with Gasteiger partial charge in [0.2, 0.25) is 0 Å². The molecule has 3 N–H and O–H groups in total. The fraction of sp³-hybridized carbons (Fsp3) is 0.933. The lowest BCUT2D eigenvalue weighted by Crippen LogP contribution is -2.48. The van der Waals surface area contributed by atoms with Crippen LogP contribution < -0.4 is 10.6 Å². The Kier molecular flexibility index (Phi) is 6.27. The van der Waals surface area contributed by atoms with Crippen molar-refractivity contribution in [3.8, 4) is 0 Å². The van der Waals surface area contributed by atoms with E-state index in [1.54, 1.807) is 0 Å². The van der Waals surface area contributed by atoms with Gasteiger partial charge in [-0.2, -0.15) is 0 Å². The van der Waals surface area contributed by atoms with Gasteiger partial charge in [-0.1, -0.05) is 13.8 Å². The second-order valence-corrected chi connectivity index (χ2v) is 7.12. The zero-order valence-corrected chi connectivity index (χ0v) is 13.4. The molecule has 0 saturated heterocycles. The van der Waals surface area contributed by atoms with Gasteiger partial charge in [0.25, 0.3) is 0 Å². The average Bonchev–Trinajstić information content (AvgIpc) is 2.23. The molecule has 1 atom stereocenters. The Labute approximate surface area is 122 Å². The van der Waals surface area contributed by atoms with E-state index in [1.807, 2.05) is 20.8 Å². The summed E-state index contributed by atoms with van der Waals surface area (Å²) in [5.74, 6) is 0.836. The van der Waals surface area contributed by atoms with Crippen molar-refractivity contribution >= 4 is 6.09 Å². The van der Waals surface area contributed by atoms with Gasteiger partial charge in [0.05, 0.1) is 6.10 Å². The van der Waals surface area contributed by atoms with E-state index in [0.717, 1.165) is 19.4 Å². The van der Waals surface area contributed by atoms with Crippen LogP contribution in [0.2, 0.25) is 0 Å². The predicted molar refractivity (Wildman–Crippen MR) is 79.6 cm³/mol. The number of alkyl carbamates (subject to hydrolysis) is 1. The molecule has 0 heterocycles. The normalized spacial score (nSPS) is 24.1. The SMILES string of the molecule is CC(C)C(CNC(=O)OC(C)(C)C)CNC1CC(O)C1. The van der Waals surface area contributed by atoms with Crippen molar-refractivity contribution in [2.24, 2.45) is 11.8 Å². The minimum Gasteiger partial charge on any atom is -0.444 e. The fourth-order valence-corrected chi connectivity index (χ4v) is 2.14. The first-order chi connectivity index (χ1) is 9.17. The van der Waals surface area contributed by atoms with Crippen molar-refractivity contribution in [3.63, 3.8) is 0 Å². The van der Waals surface area contributed by atoms with E-state index in [9.17, 15) is 9.90 Å².